The molecule has 0 aliphatic rings. The van der Waals surface area contributed by atoms with Gasteiger partial charge in [-0.05, 0) is 68.1 Å². The number of aromatic nitrogens is 3. The van der Waals surface area contributed by atoms with Crippen LogP contribution in [0.15, 0.2) is 59.6 Å². The Morgan fingerprint density at radius 3 is 2.26 bits per heavy atom. The van der Waals surface area contributed by atoms with Crippen LogP contribution < -0.4 is 20.3 Å². The standard InChI is InChI=1S/C26H34N6O6S/c1-17(2)13-24(26(34)30-35)25(33)28-20-7-5-19(6-8-20)15-32-16-21(29-31-32)14-27-39(36,37)23-11-9-22(10-12-23)38-18(3)4/h5-12,16-18,24,27,35H,13-15H2,1-4H3,(H,28,33)(H,30,34). The minimum atomic E-state index is -3.74. The van der Waals surface area contributed by atoms with E-state index in [0.717, 1.165) is 5.56 Å². The molecule has 0 radical (unpaired) electrons. The molecule has 3 aromatic rings. The first-order valence-corrected chi connectivity index (χ1v) is 13.9. The van der Waals surface area contributed by atoms with E-state index in [0.29, 0.717) is 30.1 Å². The normalized spacial score (nSPS) is 12.4. The van der Waals surface area contributed by atoms with Crippen LogP contribution in [0.2, 0.25) is 0 Å². The molecule has 1 unspecified atom stereocenters. The van der Waals surface area contributed by atoms with E-state index in [-0.39, 0.29) is 23.5 Å². The maximum Gasteiger partial charge on any atom is 0.255 e. The van der Waals surface area contributed by atoms with E-state index < -0.39 is 27.8 Å². The van der Waals surface area contributed by atoms with Crippen LogP contribution >= 0.6 is 0 Å². The minimum Gasteiger partial charge on any atom is -0.491 e. The first-order chi connectivity index (χ1) is 18.5. The molecule has 0 aliphatic carbocycles. The lowest BCUT2D eigenvalue weighted by Gasteiger charge is -2.17. The number of amides is 2. The van der Waals surface area contributed by atoms with Crippen LogP contribution in [0, 0.1) is 11.8 Å². The zero-order valence-electron chi connectivity index (χ0n) is 22.3. The van der Waals surface area contributed by atoms with Crippen molar-refractivity contribution in [1.82, 2.24) is 25.2 Å². The van der Waals surface area contributed by atoms with E-state index in [9.17, 15) is 18.0 Å². The molecule has 0 aliphatic heterocycles. The highest BCUT2D eigenvalue weighted by Crippen LogP contribution is 2.18. The van der Waals surface area contributed by atoms with Gasteiger partial charge < -0.3 is 10.1 Å². The number of carbonyl (C=O) groups excluding carboxylic acids is 2. The predicted molar refractivity (Wildman–Crippen MR) is 143 cm³/mol. The Hall–Kier alpha value is -3.81. The number of sulfonamides is 1. The van der Waals surface area contributed by atoms with Gasteiger partial charge >= 0.3 is 0 Å². The molecule has 1 heterocycles. The molecule has 13 heteroatoms. The summed E-state index contributed by atoms with van der Waals surface area (Å²) in [6.45, 7) is 7.88. The summed E-state index contributed by atoms with van der Waals surface area (Å²) < 4.78 is 34.9. The molecule has 4 N–H and O–H groups in total. The Labute approximate surface area is 227 Å². The summed E-state index contributed by atoms with van der Waals surface area (Å²) >= 11 is 0. The van der Waals surface area contributed by atoms with Crippen LogP contribution in [0.25, 0.3) is 0 Å². The summed E-state index contributed by atoms with van der Waals surface area (Å²) in [5.41, 5.74) is 3.36. The third-order valence-corrected chi connectivity index (χ3v) is 6.97. The maximum absolute atomic E-state index is 12.6. The number of ether oxygens (including phenoxy) is 1. The molecule has 3 rings (SSSR count). The smallest absolute Gasteiger partial charge is 0.255 e. The molecule has 0 saturated carbocycles. The molecule has 0 fully saturated rings. The van der Waals surface area contributed by atoms with Crippen molar-refractivity contribution in [3.05, 3.63) is 66.0 Å². The Balaban J connectivity index is 1.55. The van der Waals surface area contributed by atoms with Crippen LogP contribution in [0.5, 0.6) is 5.75 Å². The highest BCUT2D eigenvalue weighted by Gasteiger charge is 2.27. The summed E-state index contributed by atoms with van der Waals surface area (Å²) in [5.74, 6) is -1.60. The highest BCUT2D eigenvalue weighted by molar-refractivity contribution is 7.89. The van der Waals surface area contributed by atoms with E-state index in [1.54, 1.807) is 52.8 Å². The van der Waals surface area contributed by atoms with Crippen molar-refractivity contribution in [2.24, 2.45) is 11.8 Å². The second-order valence-corrected chi connectivity index (χ2v) is 11.5. The summed E-state index contributed by atoms with van der Waals surface area (Å²) in [6, 6.07) is 13.1. The van der Waals surface area contributed by atoms with Gasteiger partial charge in [0.15, 0.2) is 0 Å². The predicted octanol–water partition coefficient (Wildman–Crippen LogP) is 2.70. The van der Waals surface area contributed by atoms with Crippen LogP contribution in [0.1, 0.15) is 45.4 Å². The number of nitrogens with zero attached hydrogens (tertiary/aromatic N) is 3. The third-order valence-electron chi connectivity index (χ3n) is 5.55. The molecule has 12 nitrogen and oxygen atoms in total. The third kappa shape index (κ3) is 8.87. The summed E-state index contributed by atoms with van der Waals surface area (Å²) in [4.78, 5) is 24.5. The number of carbonyl (C=O) groups is 2. The molecular weight excluding hydrogens is 524 g/mol. The molecule has 0 saturated heterocycles. The largest absolute Gasteiger partial charge is 0.491 e. The van der Waals surface area contributed by atoms with Crippen molar-refractivity contribution < 1.29 is 28.0 Å². The molecule has 0 spiro atoms. The van der Waals surface area contributed by atoms with Crippen molar-refractivity contribution in [2.45, 2.75) is 58.2 Å². The van der Waals surface area contributed by atoms with Gasteiger partial charge in [-0.25, -0.2) is 23.3 Å². The van der Waals surface area contributed by atoms with Gasteiger partial charge in [0.1, 0.15) is 11.7 Å². The monoisotopic (exact) mass is 558 g/mol. The van der Waals surface area contributed by atoms with Gasteiger partial charge in [-0.1, -0.05) is 31.2 Å². The number of nitrogens with one attached hydrogen (secondary N) is 3. The van der Waals surface area contributed by atoms with Crippen molar-refractivity contribution >= 4 is 27.5 Å². The van der Waals surface area contributed by atoms with Crippen molar-refractivity contribution in [3.63, 3.8) is 0 Å². The van der Waals surface area contributed by atoms with Crippen LogP contribution in [0.3, 0.4) is 0 Å². The number of anilines is 1. The topological polar surface area (TPSA) is 165 Å². The fraction of sp³-hybridized carbons (Fsp3) is 0.385. The van der Waals surface area contributed by atoms with Crippen LogP contribution in [-0.2, 0) is 32.7 Å². The van der Waals surface area contributed by atoms with Crippen LogP contribution in [-0.4, -0.2) is 46.5 Å². The maximum atomic E-state index is 12.6. The van der Waals surface area contributed by atoms with Gasteiger partial charge in [-0.2, -0.15) is 0 Å². The van der Waals surface area contributed by atoms with Crippen molar-refractivity contribution in [3.8, 4) is 5.75 Å². The molecule has 2 amide bonds. The Kier molecular flexibility index (Phi) is 10.2. The number of hydroxylamine groups is 1. The van der Waals surface area contributed by atoms with E-state index in [4.69, 9.17) is 9.94 Å². The average Bonchev–Trinajstić information content (AvgIpc) is 3.34. The van der Waals surface area contributed by atoms with Crippen LogP contribution in [0.4, 0.5) is 5.69 Å². The number of hydrogen-bond acceptors (Lipinski definition) is 8. The molecule has 2 aromatic carbocycles. The van der Waals surface area contributed by atoms with E-state index in [1.807, 2.05) is 27.7 Å². The second-order valence-electron chi connectivity index (χ2n) is 9.71. The fourth-order valence-corrected chi connectivity index (χ4v) is 4.71. The van der Waals surface area contributed by atoms with Gasteiger partial charge in [-0.15, -0.1) is 5.10 Å². The number of benzene rings is 2. The van der Waals surface area contributed by atoms with Gasteiger partial charge in [0.05, 0.1) is 36.0 Å². The molecule has 1 atom stereocenters. The second kappa shape index (κ2) is 13.3. The summed E-state index contributed by atoms with van der Waals surface area (Å²) in [6.07, 6.45) is 1.92. The van der Waals surface area contributed by atoms with Crippen molar-refractivity contribution in [2.75, 3.05) is 5.32 Å². The van der Waals surface area contributed by atoms with E-state index in [2.05, 4.69) is 20.4 Å². The lowest BCUT2D eigenvalue weighted by atomic mass is 9.95. The zero-order valence-corrected chi connectivity index (χ0v) is 23.1. The van der Waals surface area contributed by atoms with Gasteiger partial charge in [-0.3, -0.25) is 14.8 Å². The molecule has 0 bridgehead atoms. The SMILES string of the molecule is CC(C)CC(C(=O)NO)C(=O)Nc1ccc(Cn2cc(CNS(=O)(=O)c3ccc(OC(C)C)cc3)nn2)cc1. The first kappa shape index (κ1) is 29.7. The number of hydrogen-bond donors (Lipinski definition) is 4. The summed E-state index contributed by atoms with van der Waals surface area (Å²) in [7, 11) is -3.74. The molecule has 1 aromatic heterocycles. The van der Waals surface area contributed by atoms with E-state index >= 15 is 0 Å². The molecule has 39 heavy (non-hydrogen) atoms. The van der Waals surface area contributed by atoms with Crippen molar-refractivity contribution in [1.29, 1.82) is 0 Å². The van der Waals surface area contributed by atoms with Gasteiger partial charge in [0.2, 0.25) is 15.9 Å². The lowest BCUT2D eigenvalue weighted by Crippen LogP contribution is -2.37. The Morgan fingerprint density at radius 2 is 1.67 bits per heavy atom. The fourth-order valence-electron chi connectivity index (χ4n) is 3.71. The minimum absolute atomic E-state index is 0.0126. The Morgan fingerprint density at radius 1 is 1.00 bits per heavy atom. The van der Waals surface area contributed by atoms with Gasteiger partial charge in [0.25, 0.3) is 5.91 Å². The first-order valence-electron chi connectivity index (χ1n) is 12.5. The quantitative estimate of drug-likeness (QED) is 0.141. The zero-order chi connectivity index (χ0) is 28.6. The van der Waals surface area contributed by atoms with Gasteiger partial charge in [0, 0.05) is 5.69 Å². The number of rotatable bonds is 13. The summed E-state index contributed by atoms with van der Waals surface area (Å²) in [5, 5.41) is 19.7. The Bertz CT molecular complexity index is 1350. The molecule has 210 valence electrons. The lowest BCUT2D eigenvalue weighted by molar-refractivity contribution is -0.139. The van der Waals surface area contributed by atoms with E-state index in [1.165, 1.54) is 12.1 Å². The highest BCUT2D eigenvalue weighted by atomic mass is 32.2. The molecular formula is C26H34N6O6S. The average molecular weight is 559 g/mol.